The molecule has 0 saturated carbocycles. The van der Waals surface area contributed by atoms with Crippen molar-refractivity contribution in [3.05, 3.63) is 42.0 Å². The van der Waals surface area contributed by atoms with Crippen molar-refractivity contribution in [3.8, 4) is 5.75 Å². The minimum atomic E-state index is 0.217. The summed E-state index contributed by atoms with van der Waals surface area (Å²) in [6, 6.07) is 6.26. The number of ether oxygens (including phenoxy) is 1. The summed E-state index contributed by atoms with van der Waals surface area (Å²) in [6.07, 6.45) is 5.53. The first-order chi connectivity index (χ1) is 10.3. The van der Waals surface area contributed by atoms with Gasteiger partial charge in [-0.25, -0.2) is 0 Å². The van der Waals surface area contributed by atoms with E-state index in [0.29, 0.717) is 0 Å². The number of methoxy groups -OCH3 is 1. The van der Waals surface area contributed by atoms with Crippen molar-refractivity contribution < 1.29 is 4.74 Å². The Kier molecular flexibility index (Phi) is 5.75. The van der Waals surface area contributed by atoms with Gasteiger partial charge in [-0.1, -0.05) is 13.0 Å². The Morgan fingerprint density at radius 2 is 2.19 bits per heavy atom. The first kappa shape index (κ1) is 15.5. The molecular formula is C16H24N4O. The fourth-order valence-electron chi connectivity index (χ4n) is 2.56. The maximum absolute atomic E-state index is 5.47. The lowest BCUT2D eigenvalue weighted by atomic mass is 10.0. The first-order valence-corrected chi connectivity index (χ1v) is 7.53. The van der Waals surface area contributed by atoms with Crippen LogP contribution < -0.4 is 10.1 Å². The minimum absolute atomic E-state index is 0.217. The van der Waals surface area contributed by atoms with E-state index in [-0.39, 0.29) is 6.04 Å². The molecule has 0 radical (unpaired) electrons. The molecule has 1 N–H and O–H groups in total. The standard InChI is InChI=1S/C16H24N4O/c1-4-17-14(10-9-13-8-6-7-11-18-13)16-15(21-3)12-19-20(16)5-2/h6-8,11-12,14,17H,4-5,9-10H2,1-3H3. The van der Waals surface area contributed by atoms with E-state index >= 15 is 0 Å². The van der Waals surface area contributed by atoms with Gasteiger partial charge in [-0.3, -0.25) is 9.67 Å². The third kappa shape index (κ3) is 3.82. The highest BCUT2D eigenvalue weighted by Gasteiger charge is 2.20. The molecule has 5 nitrogen and oxygen atoms in total. The molecule has 114 valence electrons. The Labute approximate surface area is 126 Å². The summed E-state index contributed by atoms with van der Waals surface area (Å²) in [4.78, 5) is 4.40. The molecular weight excluding hydrogens is 264 g/mol. The quantitative estimate of drug-likeness (QED) is 0.811. The van der Waals surface area contributed by atoms with Crippen LogP contribution in [0.25, 0.3) is 0 Å². The predicted octanol–water partition coefficient (Wildman–Crippen LogP) is 2.59. The van der Waals surface area contributed by atoms with Gasteiger partial charge >= 0.3 is 0 Å². The van der Waals surface area contributed by atoms with Crippen LogP contribution in [0.4, 0.5) is 0 Å². The van der Waals surface area contributed by atoms with Gasteiger partial charge in [0.25, 0.3) is 0 Å². The van der Waals surface area contributed by atoms with Crippen LogP contribution in [-0.4, -0.2) is 28.4 Å². The number of aryl methyl sites for hydroxylation is 2. The zero-order valence-corrected chi connectivity index (χ0v) is 13.0. The van der Waals surface area contributed by atoms with Crippen LogP contribution in [0.2, 0.25) is 0 Å². The first-order valence-electron chi connectivity index (χ1n) is 7.53. The minimum Gasteiger partial charge on any atom is -0.493 e. The van der Waals surface area contributed by atoms with Crippen LogP contribution in [0.15, 0.2) is 30.6 Å². The van der Waals surface area contributed by atoms with E-state index in [4.69, 9.17) is 4.74 Å². The second-order valence-corrected chi connectivity index (χ2v) is 4.88. The Morgan fingerprint density at radius 1 is 1.33 bits per heavy atom. The van der Waals surface area contributed by atoms with Gasteiger partial charge in [0.1, 0.15) is 0 Å². The fraction of sp³-hybridized carbons (Fsp3) is 0.500. The summed E-state index contributed by atoms with van der Waals surface area (Å²) in [5, 5.41) is 7.94. The van der Waals surface area contributed by atoms with Gasteiger partial charge < -0.3 is 10.1 Å². The summed E-state index contributed by atoms with van der Waals surface area (Å²) >= 11 is 0. The molecule has 0 fully saturated rings. The zero-order chi connectivity index (χ0) is 15.1. The number of rotatable bonds is 8. The molecule has 5 heteroatoms. The second kappa shape index (κ2) is 7.78. The highest BCUT2D eigenvalue weighted by Crippen LogP contribution is 2.28. The van der Waals surface area contributed by atoms with Crippen molar-refractivity contribution in [2.24, 2.45) is 0 Å². The molecule has 0 amide bonds. The van der Waals surface area contributed by atoms with Crippen LogP contribution in [-0.2, 0) is 13.0 Å². The van der Waals surface area contributed by atoms with Crippen molar-refractivity contribution in [1.29, 1.82) is 0 Å². The lowest BCUT2D eigenvalue weighted by Gasteiger charge is -2.20. The molecule has 0 saturated heterocycles. The molecule has 21 heavy (non-hydrogen) atoms. The van der Waals surface area contributed by atoms with Gasteiger partial charge in [-0.2, -0.15) is 5.10 Å². The van der Waals surface area contributed by atoms with E-state index in [1.807, 2.05) is 23.0 Å². The summed E-state index contributed by atoms with van der Waals surface area (Å²) < 4.78 is 7.47. The van der Waals surface area contributed by atoms with Gasteiger partial charge in [-0.15, -0.1) is 0 Å². The Balaban J connectivity index is 2.16. The fourth-order valence-corrected chi connectivity index (χ4v) is 2.56. The van der Waals surface area contributed by atoms with Gasteiger partial charge in [-0.05, 0) is 38.4 Å². The molecule has 0 aliphatic carbocycles. The molecule has 2 heterocycles. The maximum Gasteiger partial charge on any atom is 0.161 e. The number of nitrogens with zero attached hydrogens (tertiary/aromatic N) is 3. The van der Waals surface area contributed by atoms with Gasteiger partial charge in [0, 0.05) is 18.4 Å². The Bertz CT molecular complexity index is 517. The lowest BCUT2D eigenvalue weighted by molar-refractivity contribution is 0.386. The van der Waals surface area contributed by atoms with Gasteiger partial charge in [0.05, 0.1) is 25.0 Å². The van der Waals surface area contributed by atoms with Crippen LogP contribution in [0, 0.1) is 0 Å². The van der Waals surface area contributed by atoms with Crippen molar-refractivity contribution >= 4 is 0 Å². The third-order valence-electron chi connectivity index (χ3n) is 3.56. The van der Waals surface area contributed by atoms with E-state index in [2.05, 4.69) is 35.3 Å². The van der Waals surface area contributed by atoms with Crippen molar-refractivity contribution in [1.82, 2.24) is 20.1 Å². The SMILES string of the molecule is CCNC(CCc1ccccn1)c1c(OC)cnn1CC. The molecule has 2 aromatic heterocycles. The average molecular weight is 288 g/mol. The Morgan fingerprint density at radius 3 is 2.81 bits per heavy atom. The molecule has 1 unspecified atom stereocenters. The highest BCUT2D eigenvalue weighted by atomic mass is 16.5. The van der Waals surface area contributed by atoms with Crippen molar-refractivity contribution in [2.45, 2.75) is 39.3 Å². The van der Waals surface area contributed by atoms with Crippen molar-refractivity contribution in [3.63, 3.8) is 0 Å². The summed E-state index contributed by atoms with van der Waals surface area (Å²) in [5.41, 5.74) is 2.24. The third-order valence-corrected chi connectivity index (χ3v) is 3.56. The molecule has 0 aromatic carbocycles. The van der Waals surface area contributed by atoms with Crippen LogP contribution >= 0.6 is 0 Å². The van der Waals surface area contributed by atoms with Crippen LogP contribution in [0.5, 0.6) is 5.75 Å². The van der Waals surface area contributed by atoms with Crippen LogP contribution in [0.1, 0.15) is 37.7 Å². The average Bonchev–Trinajstić information content (AvgIpc) is 2.95. The molecule has 0 spiro atoms. The van der Waals surface area contributed by atoms with E-state index in [9.17, 15) is 0 Å². The van der Waals surface area contributed by atoms with E-state index in [0.717, 1.165) is 43.1 Å². The zero-order valence-electron chi connectivity index (χ0n) is 13.0. The topological polar surface area (TPSA) is 52.0 Å². The smallest absolute Gasteiger partial charge is 0.161 e. The van der Waals surface area contributed by atoms with E-state index < -0.39 is 0 Å². The predicted molar refractivity (Wildman–Crippen MR) is 83.4 cm³/mol. The van der Waals surface area contributed by atoms with Gasteiger partial charge in [0.15, 0.2) is 5.75 Å². The molecule has 0 aliphatic heterocycles. The molecule has 0 bridgehead atoms. The number of pyridine rings is 1. The maximum atomic E-state index is 5.47. The second-order valence-electron chi connectivity index (χ2n) is 4.88. The highest BCUT2D eigenvalue weighted by molar-refractivity contribution is 5.28. The monoisotopic (exact) mass is 288 g/mol. The van der Waals surface area contributed by atoms with E-state index in [1.54, 1.807) is 13.3 Å². The van der Waals surface area contributed by atoms with Crippen LogP contribution in [0.3, 0.4) is 0 Å². The molecule has 1 atom stereocenters. The summed E-state index contributed by atoms with van der Waals surface area (Å²) in [7, 11) is 1.70. The lowest BCUT2D eigenvalue weighted by Crippen LogP contribution is -2.25. The van der Waals surface area contributed by atoms with Gasteiger partial charge in [0.2, 0.25) is 0 Å². The Hall–Kier alpha value is -1.88. The number of hydrogen-bond donors (Lipinski definition) is 1. The summed E-state index contributed by atoms with van der Waals surface area (Å²) in [6.45, 7) is 5.96. The molecule has 2 aromatic rings. The van der Waals surface area contributed by atoms with E-state index in [1.165, 1.54) is 0 Å². The summed E-state index contributed by atoms with van der Waals surface area (Å²) in [5.74, 6) is 0.851. The number of nitrogens with one attached hydrogen (secondary N) is 1. The normalized spacial score (nSPS) is 12.3. The van der Waals surface area contributed by atoms with Crippen molar-refractivity contribution in [2.75, 3.05) is 13.7 Å². The number of aromatic nitrogens is 3. The number of hydrogen-bond acceptors (Lipinski definition) is 4. The molecule has 2 rings (SSSR count). The molecule has 0 aliphatic rings. The largest absolute Gasteiger partial charge is 0.493 e.